The molecule has 148 valence electrons. The van der Waals surface area contributed by atoms with Crippen molar-refractivity contribution in [2.45, 2.75) is 25.6 Å². The lowest BCUT2D eigenvalue weighted by Gasteiger charge is -2.23. The number of fused-ring (bicyclic) bond motifs is 1. The summed E-state index contributed by atoms with van der Waals surface area (Å²) in [5.41, 5.74) is -0.0240. The molecule has 2 amide bonds. The maximum Gasteiger partial charge on any atom is 0.325 e. The van der Waals surface area contributed by atoms with Crippen molar-refractivity contribution in [1.82, 2.24) is 4.90 Å². The van der Waals surface area contributed by atoms with Crippen molar-refractivity contribution in [2.75, 3.05) is 25.0 Å². The summed E-state index contributed by atoms with van der Waals surface area (Å²) in [6.07, 6.45) is 3.11. The molecule has 2 bridgehead atoms. The van der Waals surface area contributed by atoms with E-state index in [9.17, 15) is 18.8 Å². The van der Waals surface area contributed by atoms with E-state index in [4.69, 9.17) is 9.47 Å². The highest BCUT2D eigenvalue weighted by molar-refractivity contribution is 5.99. The topological polar surface area (TPSA) is 84.9 Å². The number of likely N-dealkylation sites (tertiary alicyclic amines) is 1. The lowest BCUT2D eigenvalue weighted by atomic mass is 9.77. The first-order valence-corrected chi connectivity index (χ1v) is 9.23. The van der Waals surface area contributed by atoms with Crippen LogP contribution < -0.4 is 5.32 Å². The second-order valence-electron chi connectivity index (χ2n) is 7.35. The van der Waals surface area contributed by atoms with Crippen LogP contribution in [-0.2, 0) is 23.9 Å². The molecule has 3 aliphatic heterocycles. The van der Waals surface area contributed by atoms with Gasteiger partial charge in [0.05, 0.1) is 31.1 Å². The Morgan fingerprint density at radius 1 is 1.43 bits per heavy atom. The molecule has 1 N–H and O–H groups in total. The van der Waals surface area contributed by atoms with Gasteiger partial charge in [-0.1, -0.05) is 12.2 Å². The molecule has 4 atom stereocenters. The number of carbonyl (C=O) groups excluding carboxylic acids is 3. The van der Waals surface area contributed by atoms with Crippen molar-refractivity contribution in [1.29, 1.82) is 0 Å². The molecule has 0 aliphatic carbocycles. The molecule has 3 aliphatic rings. The number of nitrogens with one attached hydrogen (secondary N) is 1. The van der Waals surface area contributed by atoms with E-state index in [1.54, 1.807) is 19.9 Å². The summed E-state index contributed by atoms with van der Waals surface area (Å²) < 4.78 is 24.4. The van der Waals surface area contributed by atoms with Crippen molar-refractivity contribution >= 4 is 23.5 Å². The minimum absolute atomic E-state index is 0.168. The van der Waals surface area contributed by atoms with Crippen molar-refractivity contribution in [2.24, 2.45) is 11.8 Å². The summed E-state index contributed by atoms with van der Waals surface area (Å²) in [5, 5.41) is 2.76. The number of hydrogen-bond acceptors (Lipinski definition) is 5. The number of esters is 1. The number of anilines is 1. The van der Waals surface area contributed by atoms with Crippen molar-refractivity contribution in [3.8, 4) is 0 Å². The predicted octanol–water partition coefficient (Wildman–Crippen LogP) is 1.42. The number of hydrogen-bond donors (Lipinski definition) is 1. The van der Waals surface area contributed by atoms with E-state index in [2.05, 4.69) is 5.32 Å². The van der Waals surface area contributed by atoms with Crippen LogP contribution in [0.2, 0.25) is 0 Å². The molecule has 2 fully saturated rings. The van der Waals surface area contributed by atoms with Gasteiger partial charge in [-0.25, -0.2) is 4.39 Å². The first-order valence-electron chi connectivity index (χ1n) is 9.23. The van der Waals surface area contributed by atoms with E-state index >= 15 is 0 Å². The molecule has 8 heteroatoms. The average molecular weight is 388 g/mol. The molecule has 0 aromatic heterocycles. The molecule has 3 heterocycles. The van der Waals surface area contributed by atoms with E-state index in [0.717, 1.165) is 0 Å². The second-order valence-corrected chi connectivity index (χ2v) is 7.35. The number of amides is 2. The van der Waals surface area contributed by atoms with Crippen LogP contribution in [0.25, 0.3) is 0 Å². The zero-order valence-corrected chi connectivity index (χ0v) is 15.6. The molecule has 2 unspecified atom stereocenters. The summed E-state index contributed by atoms with van der Waals surface area (Å²) in [7, 11) is 0. The Morgan fingerprint density at radius 3 is 2.93 bits per heavy atom. The van der Waals surface area contributed by atoms with Gasteiger partial charge in [0.15, 0.2) is 0 Å². The van der Waals surface area contributed by atoms with Gasteiger partial charge in [0, 0.05) is 5.69 Å². The number of ether oxygens (including phenoxy) is 2. The van der Waals surface area contributed by atoms with Gasteiger partial charge >= 0.3 is 5.97 Å². The minimum atomic E-state index is -0.894. The van der Waals surface area contributed by atoms with Gasteiger partial charge in [-0.15, -0.1) is 0 Å². The fourth-order valence-electron chi connectivity index (χ4n) is 4.32. The third-order valence-corrected chi connectivity index (χ3v) is 5.53. The second kappa shape index (κ2) is 6.70. The fourth-order valence-corrected chi connectivity index (χ4v) is 4.32. The third-order valence-electron chi connectivity index (χ3n) is 5.53. The van der Waals surface area contributed by atoms with Gasteiger partial charge in [-0.3, -0.25) is 14.4 Å². The van der Waals surface area contributed by atoms with Crippen LogP contribution in [0.5, 0.6) is 0 Å². The molecular weight excluding hydrogens is 367 g/mol. The largest absolute Gasteiger partial charge is 0.465 e. The SMILES string of the molecule is CCOC(=O)CN1CC23C=CC(O2)[C@@H](C(=O)Nc2ccc(F)c(C)c2)[C@H]3C1=O. The Balaban J connectivity index is 1.53. The molecular formula is C20H21FN2O5. The lowest BCUT2D eigenvalue weighted by Crippen LogP contribution is -2.41. The van der Waals surface area contributed by atoms with Crippen molar-refractivity contribution < 1.29 is 28.2 Å². The van der Waals surface area contributed by atoms with E-state index < -0.39 is 29.5 Å². The average Bonchev–Trinajstić information content (AvgIpc) is 3.27. The summed E-state index contributed by atoms with van der Waals surface area (Å²) in [4.78, 5) is 39.1. The highest BCUT2D eigenvalue weighted by atomic mass is 19.1. The van der Waals surface area contributed by atoms with Crippen LogP contribution in [0.1, 0.15) is 12.5 Å². The number of halogens is 1. The maximum atomic E-state index is 13.5. The van der Waals surface area contributed by atoms with Gasteiger partial charge < -0.3 is 19.7 Å². The van der Waals surface area contributed by atoms with E-state index in [1.807, 2.05) is 6.08 Å². The summed E-state index contributed by atoms with van der Waals surface area (Å²) >= 11 is 0. The maximum absolute atomic E-state index is 13.5. The Kier molecular flexibility index (Phi) is 4.45. The summed E-state index contributed by atoms with van der Waals surface area (Å²) in [6, 6.07) is 4.30. The number of rotatable bonds is 5. The smallest absolute Gasteiger partial charge is 0.325 e. The van der Waals surface area contributed by atoms with Crippen LogP contribution in [0.4, 0.5) is 10.1 Å². The molecule has 7 nitrogen and oxygen atoms in total. The molecule has 4 rings (SSSR count). The van der Waals surface area contributed by atoms with Gasteiger partial charge in [-0.05, 0) is 37.6 Å². The standard InChI is InChI=1S/C20H21FN2O5/c1-3-27-15(24)9-23-10-20-7-6-14(28-20)16(17(20)19(23)26)18(25)22-12-4-5-13(21)11(2)8-12/h4-8,14,16-17H,3,9-10H2,1-2H3,(H,22,25)/t14?,16-,17+,20?/m1/s1. The van der Waals surface area contributed by atoms with Gasteiger partial charge in [-0.2, -0.15) is 0 Å². The van der Waals surface area contributed by atoms with E-state index in [1.165, 1.54) is 23.1 Å². The van der Waals surface area contributed by atoms with Crippen LogP contribution in [0.15, 0.2) is 30.4 Å². The first-order chi connectivity index (χ1) is 13.3. The normalized spacial score (nSPS) is 29.9. The fraction of sp³-hybridized carbons (Fsp3) is 0.450. The monoisotopic (exact) mass is 388 g/mol. The van der Waals surface area contributed by atoms with Gasteiger partial charge in [0.25, 0.3) is 0 Å². The van der Waals surface area contributed by atoms with Crippen LogP contribution in [0, 0.1) is 24.6 Å². The van der Waals surface area contributed by atoms with E-state index in [-0.39, 0.29) is 37.3 Å². The Labute approximate surface area is 161 Å². The minimum Gasteiger partial charge on any atom is -0.465 e. The van der Waals surface area contributed by atoms with E-state index in [0.29, 0.717) is 11.3 Å². The highest BCUT2D eigenvalue weighted by Crippen LogP contribution is 2.52. The van der Waals surface area contributed by atoms with Crippen LogP contribution >= 0.6 is 0 Å². The lowest BCUT2D eigenvalue weighted by molar-refractivity contribution is -0.148. The van der Waals surface area contributed by atoms with Crippen LogP contribution in [0.3, 0.4) is 0 Å². The number of benzene rings is 1. The number of nitrogens with zero attached hydrogens (tertiary/aromatic N) is 1. The van der Waals surface area contributed by atoms with Crippen molar-refractivity contribution in [3.05, 3.63) is 41.7 Å². The Morgan fingerprint density at radius 2 is 2.21 bits per heavy atom. The summed E-state index contributed by atoms with van der Waals surface area (Å²) in [5.74, 6) is -2.92. The molecule has 0 saturated carbocycles. The first kappa shape index (κ1) is 18.6. The highest BCUT2D eigenvalue weighted by Gasteiger charge is 2.66. The number of aryl methyl sites for hydroxylation is 1. The predicted molar refractivity (Wildman–Crippen MR) is 96.7 cm³/mol. The zero-order chi connectivity index (χ0) is 20.1. The molecule has 1 aromatic rings. The zero-order valence-electron chi connectivity index (χ0n) is 15.6. The third kappa shape index (κ3) is 2.88. The Bertz CT molecular complexity index is 885. The van der Waals surface area contributed by atoms with Crippen LogP contribution in [-0.4, -0.2) is 54.1 Å². The molecule has 2 saturated heterocycles. The van der Waals surface area contributed by atoms with Gasteiger partial charge in [0.1, 0.15) is 18.0 Å². The molecule has 28 heavy (non-hydrogen) atoms. The molecule has 1 aromatic carbocycles. The molecule has 0 radical (unpaired) electrons. The quantitative estimate of drug-likeness (QED) is 0.609. The number of carbonyl (C=O) groups is 3. The van der Waals surface area contributed by atoms with Gasteiger partial charge in [0.2, 0.25) is 11.8 Å². The molecule has 1 spiro atoms. The Hall–Kier alpha value is -2.74. The summed E-state index contributed by atoms with van der Waals surface area (Å²) in [6.45, 7) is 3.58. The van der Waals surface area contributed by atoms with Crippen molar-refractivity contribution in [3.63, 3.8) is 0 Å².